The van der Waals surface area contributed by atoms with Crippen LogP contribution in [-0.2, 0) is 27.1 Å². The molecule has 2 aromatic rings. The molecule has 2 aromatic carbocycles. The van der Waals surface area contributed by atoms with E-state index < -0.39 is 11.5 Å². The summed E-state index contributed by atoms with van der Waals surface area (Å²) in [5.41, 5.74) is 5.27. The van der Waals surface area contributed by atoms with E-state index in [1.165, 1.54) is 34.9 Å². The number of rotatable bonds is 2. The quantitative estimate of drug-likeness (QED) is 0.392. The second-order valence-electron chi connectivity index (χ2n) is 8.56. The van der Waals surface area contributed by atoms with Crippen molar-refractivity contribution in [1.29, 1.82) is 0 Å². The van der Waals surface area contributed by atoms with Crippen molar-refractivity contribution in [3.63, 3.8) is 0 Å². The fourth-order valence-electron chi connectivity index (χ4n) is 4.19. The molecule has 0 bridgehead atoms. The molecule has 0 amide bonds. The average molecular weight is 449 g/mol. The number of aliphatic hydroxyl groups is 1. The second kappa shape index (κ2) is 10.1. The molecule has 0 fully saturated rings. The Morgan fingerprint density at radius 3 is 1.71 bits per heavy atom. The Balaban J connectivity index is 0.000000264. The smallest absolute Gasteiger partial charge is 0.120 e. The Morgan fingerprint density at radius 1 is 0.871 bits per heavy atom. The van der Waals surface area contributed by atoms with Gasteiger partial charge in [0, 0.05) is 21.7 Å². The van der Waals surface area contributed by atoms with E-state index in [4.69, 9.17) is 0 Å². The number of aliphatic hydroxyl groups excluding tert-OH is 1. The molecule has 2 aliphatic rings. The van der Waals surface area contributed by atoms with Crippen molar-refractivity contribution >= 4 is 0 Å². The van der Waals surface area contributed by atoms with Gasteiger partial charge >= 0.3 is 0 Å². The molecule has 0 aromatic heterocycles. The van der Waals surface area contributed by atoms with Crippen LogP contribution in [0.5, 0.6) is 0 Å². The standard InChI is InChI=1S/C18H15FO.C10H15.Ti/c19-16-11-12-17(20)18(13-16,14-7-3-1-4-8-14)15-9-5-2-6-10-15;1-7-6-10(4,5)9(3)8(7)2;/h1-13,17,20H;1-5H3;/q;-1;. The normalized spacial score (nSPS) is 20.8. The van der Waals surface area contributed by atoms with Gasteiger partial charge in [0.2, 0.25) is 0 Å². The van der Waals surface area contributed by atoms with Crippen LogP contribution in [0.3, 0.4) is 0 Å². The molecule has 0 radical (unpaired) electrons. The van der Waals surface area contributed by atoms with Crippen molar-refractivity contribution in [3.8, 4) is 0 Å². The zero-order chi connectivity index (χ0) is 21.9. The van der Waals surface area contributed by atoms with Gasteiger partial charge in [-0.2, -0.15) is 11.1 Å². The summed E-state index contributed by atoms with van der Waals surface area (Å²) < 4.78 is 13.9. The van der Waals surface area contributed by atoms with Gasteiger partial charge in [-0.05, 0) is 23.3 Å². The number of allylic oxidation sites excluding steroid dienone is 6. The number of benzene rings is 2. The largest absolute Gasteiger partial charge is 0.387 e. The van der Waals surface area contributed by atoms with Crippen LogP contribution < -0.4 is 0 Å². The molecule has 31 heavy (non-hydrogen) atoms. The van der Waals surface area contributed by atoms with Gasteiger partial charge in [-0.1, -0.05) is 99.8 Å². The number of halogens is 1. The zero-order valence-corrected chi connectivity index (χ0v) is 20.5. The van der Waals surface area contributed by atoms with Crippen LogP contribution in [0, 0.1) is 11.5 Å². The van der Waals surface area contributed by atoms with Gasteiger partial charge in [0.05, 0.1) is 11.5 Å². The predicted molar refractivity (Wildman–Crippen MR) is 123 cm³/mol. The molecule has 1 N–H and O–H groups in total. The molecule has 160 valence electrons. The second-order valence-corrected chi connectivity index (χ2v) is 8.56. The maximum atomic E-state index is 13.9. The summed E-state index contributed by atoms with van der Waals surface area (Å²) in [6, 6.07) is 19.1. The van der Waals surface area contributed by atoms with E-state index in [1.54, 1.807) is 0 Å². The number of hydrogen-bond donors (Lipinski definition) is 1. The summed E-state index contributed by atoms with van der Waals surface area (Å²) in [4.78, 5) is 0. The molecule has 3 heteroatoms. The van der Waals surface area contributed by atoms with Crippen LogP contribution in [0.2, 0.25) is 0 Å². The van der Waals surface area contributed by atoms with Crippen molar-refractivity contribution in [2.24, 2.45) is 5.41 Å². The molecule has 1 nitrogen and oxygen atoms in total. The summed E-state index contributed by atoms with van der Waals surface area (Å²) in [6.07, 6.45) is 6.96. The van der Waals surface area contributed by atoms with Crippen LogP contribution in [0.15, 0.2) is 101 Å². The van der Waals surface area contributed by atoms with E-state index in [1.807, 2.05) is 60.7 Å². The molecule has 1 atom stereocenters. The van der Waals surface area contributed by atoms with E-state index in [0.717, 1.165) is 11.1 Å². The van der Waals surface area contributed by atoms with Gasteiger partial charge in [0.25, 0.3) is 0 Å². The Labute approximate surface area is 201 Å². The molecule has 1 unspecified atom stereocenters. The van der Waals surface area contributed by atoms with Gasteiger partial charge in [0.15, 0.2) is 0 Å². The van der Waals surface area contributed by atoms with Crippen molar-refractivity contribution < 1.29 is 31.2 Å². The Kier molecular flexibility index (Phi) is 8.22. The first kappa shape index (κ1) is 25.3. The summed E-state index contributed by atoms with van der Waals surface area (Å²) >= 11 is 0. The molecule has 0 aliphatic heterocycles. The maximum Gasteiger partial charge on any atom is 0.120 e. The van der Waals surface area contributed by atoms with Gasteiger partial charge in [-0.15, -0.1) is 6.92 Å². The minimum absolute atomic E-state index is 0. The fourth-order valence-corrected chi connectivity index (χ4v) is 4.19. The first-order valence-electron chi connectivity index (χ1n) is 10.3. The zero-order valence-electron chi connectivity index (χ0n) is 18.9. The fraction of sp³-hybridized carbons (Fsp3) is 0.286. The molecular formula is C28H30FOTi-. The van der Waals surface area contributed by atoms with Crippen LogP contribution >= 0.6 is 0 Å². The first-order chi connectivity index (χ1) is 14.2. The van der Waals surface area contributed by atoms with E-state index in [9.17, 15) is 9.50 Å². The van der Waals surface area contributed by atoms with E-state index in [0.29, 0.717) is 0 Å². The van der Waals surface area contributed by atoms with Crippen molar-refractivity contribution in [3.05, 3.63) is 119 Å². The summed E-state index contributed by atoms with van der Waals surface area (Å²) in [5, 5.41) is 10.5. The molecule has 0 spiro atoms. The van der Waals surface area contributed by atoms with Crippen LogP contribution in [-0.4, -0.2) is 11.2 Å². The third-order valence-corrected chi connectivity index (χ3v) is 6.34. The summed E-state index contributed by atoms with van der Waals surface area (Å²) in [7, 11) is 0. The van der Waals surface area contributed by atoms with E-state index in [-0.39, 0.29) is 33.0 Å². The average Bonchev–Trinajstić information content (AvgIpc) is 2.93. The molecule has 0 heterocycles. The Bertz CT molecular complexity index is 974. The minimum atomic E-state index is -0.874. The van der Waals surface area contributed by atoms with Gasteiger partial charge < -0.3 is 5.11 Å². The van der Waals surface area contributed by atoms with E-state index >= 15 is 0 Å². The molecular weight excluding hydrogens is 419 g/mol. The van der Waals surface area contributed by atoms with Crippen molar-refractivity contribution in [2.75, 3.05) is 0 Å². The third-order valence-electron chi connectivity index (χ3n) is 6.34. The molecule has 0 saturated heterocycles. The van der Waals surface area contributed by atoms with Crippen LogP contribution in [0.25, 0.3) is 0 Å². The summed E-state index contributed by atoms with van der Waals surface area (Å²) in [5.74, 6) is -0.331. The minimum Gasteiger partial charge on any atom is -0.387 e. The monoisotopic (exact) mass is 449 g/mol. The van der Waals surface area contributed by atoms with Gasteiger partial charge in [-0.3, -0.25) is 6.08 Å². The van der Waals surface area contributed by atoms with Crippen LogP contribution in [0.1, 0.15) is 45.7 Å². The van der Waals surface area contributed by atoms with Crippen LogP contribution in [0.4, 0.5) is 4.39 Å². The summed E-state index contributed by atoms with van der Waals surface area (Å²) in [6.45, 7) is 10.9. The SMILES string of the molecule is CC1=[C-]C(C)(C)C(C)=C1C.OC1C=CC(F)=CC1(c1ccccc1)c1ccccc1.[Ti]. The number of hydrogen-bond acceptors (Lipinski definition) is 1. The van der Waals surface area contributed by atoms with Crippen molar-refractivity contribution in [1.82, 2.24) is 0 Å². The predicted octanol–water partition coefficient (Wildman–Crippen LogP) is 6.87. The molecule has 0 saturated carbocycles. The first-order valence-corrected chi connectivity index (χ1v) is 10.3. The molecule has 4 rings (SSSR count). The van der Waals surface area contributed by atoms with Gasteiger partial charge in [0.1, 0.15) is 5.83 Å². The Hall–Kier alpha value is -2.00. The topological polar surface area (TPSA) is 20.2 Å². The third kappa shape index (κ3) is 5.09. The maximum absolute atomic E-state index is 13.9. The van der Waals surface area contributed by atoms with Gasteiger partial charge in [-0.25, -0.2) is 9.96 Å². The molecule has 2 aliphatic carbocycles. The Morgan fingerprint density at radius 2 is 1.35 bits per heavy atom. The van der Waals surface area contributed by atoms with Crippen molar-refractivity contribution in [2.45, 2.75) is 46.1 Å². The van der Waals surface area contributed by atoms with E-state index in [2.05, 4.69) is 40.7 Å².